The van der Waals surface area contributed by atoms with E-state index in [0.29, 0.717) is 24.5 Å². The van der Waals surface area contributed by atoms with Crippen LogP contribution in [0.3, 0.4) is 0 Å². The highest BCUT2D eigenvalue weighted by molar-refractivity contribution is 5.90. The van der Waals surface area contributed by atoms with Gasteiger partial charge in [-0.1, -0.05) is 0 Å². The summed E-state index contributed by atoms with van der Waals surface area (Å²) in [6.07, 6.45) is 0. The summed E-state index contributed by atoms with van der Waals surface area (Å²) < 4.78 is 5.28. The molecule has 92 valence electrons. The van der Waals surface area contributed by atoms with Crippen molar-refractivity contribution in [3.63, 3.8) is 0 Å². The number of hydrogen-bond donors (Lipinski definition) is 1. The zero-order valence-corrected chi connectivity index (χ0v) is 10.1. The summed E-state index contributed by atoms with van der Waals surface area (Å²) in [7, 11) is 0. The Hall–Kier alpha value is -1.62. The highest BCUT2D eigenvalue weighted by Crippen LogP contribution is 2.20. The number of aryl methyl sites for hydroxylation is 2. The van der Waals surface area contributed by atoms with Gasteiger partial charge in [0.25, 0.3) is 0 Å². The predicted molar refractivity (Wildman–Crippen MR) is 63.7 cm³/mol. The van der Waals surface area contributed by atoms with E-state index in [1.165, 1.54) is 0 Å². The van der Waals surface area contributed by atoms with E-state index in [0.717, 1.165) is 24.5 Å². The Morgan fingerprint density at radius 3 is 2.59 bits per heavy atom. The van der Waals surface area contributed by atoms with Crippen LogP contribution in [-0.4, -0.2) is 42.4 Å². The molecule has 0 bridgehead atoms. The molecule has 0 radical (unpaired) electrons. The Balaban J connectivity index is 2.34. The molecule has 0 spiro atoms. The molecule has 1 aromatic rings. The number of anilines is 1. The molecule has 1 saturated heterocycles. The normalized spacial score (nSPS) is 16.0. The maximum absolute atomic E-state index is 11.1. The third-order valence-electron chi connectivity index (χ3n) is 2.93. The van der Waals surface area contributed by atoms with E-state index in [9.17, 15) is 4.79 Å². The molecule has 17 heavy (non-hydrogen) atoms. The summed E-state index contributed by atoms with van der Waals surface area (Å²) in [6, 6.07) is 1.84. The van der Waals surface area contributed by atoms with Crippen LogP contribution in [0.1, 0.15) is 21.6 Å². The molecule has 1 fully saturated rings. The van der Waals surface area contributed by atoms with E-state index in [4.69, 9.17) is 9.84 Å². The molecule has 2 heterocycles. The van der Waals surface area contributed by atoms with Crippen molar-refractivity contribution in [2.24, 2.45) is 0 Å². The van der Waals surface area contributed by atoms with Crippen molar-refractivity contribution >= 4 is 11.8 Å². The van der Waals surface area contributed by atoms with Crippen molar-refractivity contribution in [1.29, 1.82) is 0 Å². The predicted octanol–water partition coefficient (Wildman–Crippen LogP) is 1.23. The maximum Gasteiger partial charge on any atom is 0.337 e. The number of aromatic carboxylic acids is 1. The summed E-state index contributed by atoms with van der Waals surface area (Å²) >= 11 is 0. The quantitative estimate of drug-likeness (QED) is 0.836. The van der Waals surface area contributed by atoms with E-state index < -0.39 is 5.97 Å². The van der Waals surface area contributed by atoms with E-state index >= 15 is 0 Å². The number of carboxylic acid groups (broad SMARTS) is 1. The van der Waals surface area contributed by atoms with Gasteiger partial charge in [0.2, 0.25) is 0 Å². The van der Waals surface area contributed by atoms with Gasteiger partial charge in [-0.3, -0.25) is 0 Å². The van der Waals surface area contributed by atoms with Crippen LogP contribution < -0.4 is 4.90 Å². The number of pyridine rings is 1. The molecule has 0 amide bonds. The monoisotopic (exact) mass is 236 g/mol. The largest absolute Gasteiger partial charge is 0.478 e. The van der Waals surface area contributed by atoms with Crippen LogP contribution in [0.25, 0.3) is 0 Å². The van der Waals surface area contributed by atoms with Crippen molar-refractivity contribution in [3.8, 4) is 0 Å². The lowest BCUT2D eigenvalue weighted by Crippen LogP contribution is -2.37. The van der Waals surface area contributed by atoms with Gasteiger partial charge in [-0.05, 0) is 25.5 Å². The number of carboxylic acids is 1. The average Bonchev–Trinajstić information content (AvgIpc) is 2.28. The lowest BCUT2D eigenvalue weighted by Gasteiger charge is -2.28. The molecule has 0 aromatic carbocycles. The molecule has 0 atom stereocenters. The van der Waals surface area contributed by atoms with Gasteiger partial charge in [-0.25, -0.2) is 9.78 Å². The minimum Gasteiger partial charge on any atom is -0.478 e. The molecule has 1 aromatic heterocycles. The SMILES string of the molecule is Cc1cc(N2CCOCC2)nc(C)c1C(=O)O. The van der Waals surface area contributed by atoms with Gasteiger partial charge in [0.1, 0.15) is 5.82 Å². The summed E-state index contributed by atoms with van der Waals surface area (Å²) in [5.74, 6) is -0.0747. The standard InChI is InChI=1S/C12H16N2O3/c1-8-7-10(14-3-5-17-6-4-14)13-9(2)11(8)12(15)16/h7H,3-6H2,1-2H3,(H,15,16). The summed E-state index contributed by atoms with van der Waals surface area (Å²) in [5, 5.41) is 9.07. The lowest BCUT2D eigenvalue weighted by atomic mass is 10.1. The fraction of sp³-hybridized carbons (Fsp3) is 0.500. The lowest BCUT2D eigenvalue weighted by molar-refractivity contribution is 0.0694. The first-order chi connectivity index (χ1) is 8.09. The first-order valence-electron chi connectivity index (χ1n) is 5.64. The first kappa shape index (κ1) is 11.9. The Bertz CT molecular complexity index is 416. The minimum absolute atomic E-state index is 0.307. The number of morpholine rings is 1. The number of hydrogen-bond acceptors (Lipinski definition) is 4. The van der Waals surface area contributed by atoms with E-state index in [1.807, 2.05) is 13.0 Å². The molecular formula is C12H16N2O3. The van der Waals surface area contributed by atoms with Gasteiger partial charge in [0.15, 0.2) is 0 Å². The van der Waals surface area contributed by atoms with Crippen LogP contribution in [0, 0.1) is 13.8 Å². The maximum atomic E-state index is 11.1. The van der Waals surface area contributed by atoms with E-state index in [-0.39, 0.29) is 0 Å². The summed E-state index contributed by atoms with van der Waals surface area (Å²) in [5.41, 5.74) is 1.63. The second kappa shape index (κ2) is 4.71. The van der Waals surface area contributed by atoms with Gasteiger partial charge in [-0.2, -0.15) is 0 Å². The molecule has 2 rings (SSSR count). The third-order valence-corrected chi connectivity index (χ3v) is 2.93. The van der Waals surface area contributed by atoms with Gasteiger partial charge in [0.05, 0.1) is 24.5 Å². The summed E-state index contributed by atoms with van der Waals surface area (Å²) in [4.78, 5) is 17.5. The molecular weight excluding hydrogens is 220 g/mol. The highest BCUT2D eigenvalue weighted by Gasteiger charge is 2.17. The fourth-order valence-corrected chi connectivity index (χ4v) is 2.09. The van der Waals surface area contributed by atoms with Crippen molar-refractivity contribution in [3.05, 3.63) is 22.9 Å². The smallest absolute Gasteiger partial charge is 0.337 e. The number of ether oxygens (including phenoxy) is 1. The second-order valence-corrected chi connectivity index (χ2v) is 4.16. The van der Waals surface area contributed by atoms with Crippen LogP contribution in [0.2, 0.25) is 0 Å². The second-order valence-electron chi connectivity index (χ2n) is 4.16. The average molecular weight is 236 g/mol. The summed E-state index contributed by atoms with van der Waals surface area (Å²) in [6.45, 7) is 6.54. The van der Waals surface area contributed by atoms with E-state index in [1.54, 1.807) is 6.92 Å². The van der Waals surface area contributed by atoms with Crippen LogP contribution in [0.5, 0.6) is 0 Å². The molecule has 1 aliphatic heterocycles. The zero-order chi connectivity index (χ0) is 12.4. The Labute approximate surface area is 100 Å². The zero-order valence-electron chi connectivity index (χ0n) is 10.1. The van der Waals surface area contributed by atoms with Gasteiger partial charge in [-0.15, -0.1) is 0 Å². The Morgan fingerprint density at radius 1 is 1.41 bits per heavy atom. The number of carbonyl (C=O) groups is 1. The molecule has 5 nitrogen and oxygen atoms in total. The molecule has 5 heteroatoms. The first-order valence-corrected chi connectivity index (χ1v) is 5.64. The number of rotatable bonds is 2. The van der Waals surface area contributed by atoms with Gasteiger partial charge < -0.3 is 14.7 Å². The van der Waals surface area contributed by atoms with Crippen LogP contribution in [0.4, 0.5) is 5.82 Å². The van der Waals surface area contributed by atoms with Crippen molar-refractivity contribution in [1.82, 2.24) is 4.98 Å². The van der Waals surface area contributed by atoms with Crippen LogP contribution in [-0.2, 0) is 4.74 Å². The molecule has 0 saturated carbocycles. The Morgan fingerprint density at radius 2 is 2.06 bits per heavy atom. The van der Waals surface area contributed by atoms with Gasteiger partial charge >= 0.3 is 5.97 Å². The highest BCUT2D eigenvalue weighted by atomic mass is 16.5. The van der Waals surface area contributed by atoms with E-state index in [2.05, 4.69) is 9.88 Å². The fourth-order valence-electron chi connectivity index (χ4n) is 2.09. The molecule has 0 aliphatic carbocycles. The number of nitrogens with zero attached hydrogens (tertiary/aromatic N) is 2. The Kier molecular flexibility index (Phi) is 3.28. The minimum atomic E-state index is -0.916. The molecule has 1 aliphatic rings. The van der Waals surface area contributed by atoms with Crippen molar-refractivity contribution in [2.45, 2.75) is 13.8 Å². The van der Waals surface area contributed by atoms with Crippen molar-refractivity contribution < 1.29 is 14.6 Å². The number of aromatic nitrogens is 1. The van der Waals surface area contributed by atoms with Crippen LogP contribution in [0.15, 0.2) is 6.07 Å². The topological polar surface area (TPSA) is 62.7 Å². The van der Waals surface area contributed by atoms with Crippen LogP contribution >= 0.6 is 0 Å². The van der Waals surface area contributed by atoms with Crippen molar-refractivity contribution in [2.75, 3.05) is 31.2 Å². The molecule has 1 N–H and O–H groups in total. The third kappa shape index (κ3) is 2.39. The molecule has 0 unspecified atom stereocenters. The van der Waals surface area contributed by atoms with Gasteiger partial charge in [0, 0.05) is 13.1 Å².